The van der Waals surface area contributed by atoms with E-state index in [2.05, 4.69) is 32.7 Å². The quantitative estimate of drug-likeness (QED) is 0.541. The Morgan fingerprint density at radius 2 is 1.75 bits per heavy atom. The average molecular weight is 171 g/mol. The second-order valence-corrected chi connectivity index (χ2v) is 4.33. The molecule has 1 rings (SSSR count). The van der Waals surface area contributed by atoms with E-state index in [4.69, 9.17) is 0 Å². The molecule has 0 saturated carbocycles. The molecule has 1 nitrogen and oxygen atoms in total. The van der Waals surface area contributed by atoms with Crippen LogP contribution in [0.15, 0.2) is 0 Å². The lowest BCUT2D eigenvalue weighted by atomic mass is 9.84. The highest BCUT2D eigenvalue weighted by Gasteiger charge is 2.29. The summed E-state index contributed by atoms with van der Waals surface area (Å²) in [5, 5.41) is 0. The first-order valence-corrected chi connectivity index (χ1v) is 5.23. The Balaban J connectivity index is 0.000000561. The molecule has 0 bridgehead atoms. The summed E-state index contributed by atoms with van der Waals surface area (Å²) in [6.07, 6.45) is 2.73. The van der Waals surface area contributed by atoms with Crippen molar-refractivity contribution in [2.75, 3.05) is 13.6 Å². The molecule has 0 N–H and O–H groups in total. The van der Waals surface area contributed by atoms with Crippen molar-refractivity contribution in [3.8, 4) is 0 Å². The van der Waals surface area contributed by atoms with Gasteiger partial charge in [0.15, 0.2) is 0 Å². The maximum Gasteiger partial charge on any atom is 0.0152 e. The SMILES string of the molecule is CC.CC1CCN(C)C(C)(C)C1. The molecule has 1 aliphatic rings. The van der Waals surface area contributed by atoms with Crippen LogP contribution in [0, 0.1) is 5.92 Å². The first-order chi connectivity index (χ1) is 5.52. The fraction of sp³-hybridized carbons (Fsp3) is 1.00. The first-order valence-electron chi connectivity index (χ1n) is 5.23. The summed E-state index contributed by atoms with van der Waals surface area (Å²) in [6, 6.07) is 0. The molecule has 1 unspecified atom stereocenters. The van der Waals surface area contributed by atoms with Crippen molar-refractivity contribution in [1.82, 2.24) is 4.90 Å². The van der Waals surface area contributed by atoms with Gasteiger partial charge in [0.25, 0.3) is 0 Å². The van der Waals surface area contributed by atoms with Crippen molar-refractivity contribution >= 4 is 0 Å². The molecule has 0 spiro atoms. The molecule has 0 amide bonds. The van der Waals surface area contributed by atoms with Crippen LogP contribution in [0.2, 0.25) is 0 Å². The zero-order valence-corrected chi connectivity index (χ0v) is 9.65. The molecule has 0 aromatic heterocycles. The molecular weight excluding hydrogens is 146 g/mol. The maximum absolute atomic E-state index is 2.47. The van der Waals surface area contributed by atoms with Gasteiger partial charge in [0.1, 0.15) is 0 Å². The van der Waals surface area contributed by atoms with Crippen LogP contribution in [0.1, 0.15) is 47.5 Å². The summed E-state index contributed by atoms with van der Waals surface area (Å²) in [4.78, 5) is 2.47. The van der Waals surface area contributed by atoms with E-state index >= 15 is 0 Å². The molecule has 0 aromatic carbocycles. The van der Waals surface area contributed by atoms with E-state index < -0.39 is 0 Å². The van der Waals surface area contributed by atoms with Gasteiger partial charge in [-0.15, -0.1) is 0 Å². The highest BCUT2D eigenvalue weighted by Crippen LogP contribution is 2.29. The molecule has 74 valence electrons. The van der Waals surface area contributed by atoms with Gasteiger partial charge < -0.3 is 4.90 Å². The lowest BCUT2D eigenvalue weighted by Crippen LogP contribution is -2.46. The van der Waals surface area contributed by atoms with Crippen LogP contribution in [0.25, 0.3) is 0 Å². The third kappa shape index (κ3) is 3.14. The van der Waals surface area contributed by atoms with Crippen LogP contribution in [-0.4, -0.2) is 24.0 Å². The van der Waals surface area contributed by atoms with Crippen molar-refractivity contribution < 1.29 is 0 Å². The predicted octanol–water partition coefficient (Wildman–Crippen LogP) is 3.15. The summed E-state index contributed by atoms with van der Waals surface area (Å²) >= 11 is 0. The van der Waals surface area contributed by atoms with Crippen LogP contribution < -0.4 is 0 Å². The summed E-state index contributed by atoms with van der Waals surface area (Å²) < 4.78 is 0. The smallest absolute Gasteiger partial charge is 0.0152 e. The van der Waals surface area contributed by atoms with E-state index in [-0.39, 0.29) is 0 Å². The number of rotatable bonds is 0. The lowest BCUT2D eigenvalue weighted by molar-refractivity contribution is 0.0782. The standard InChI is InChI=1S/C9H19N.C2H6/c1-8-5-6-10(4)9(2,3)7-8;1-2/h8H,5-7H2,1-4H3;1-2H3. The average Bonchev–Trinajstić information content (AvgIpc) is 2.01. The number of piperidine rings is 1. The zero-order valence-electron chi connectivity index (χ0n) is 9.65. The van der Waals surface area contributed by atoms with Crippen LogP contribution in [0.4, 0.5) is 0 Å². The van der Waals surface area contributed by atoms with Gasteiger partial charge in [-0.3, -0.25) is 0 Å². The highest BCUT2D eigenvalue weighted by atomic mass is 15.2. The summed E-state index contributed by atoms with van der Waals surface area (Å²) in [5.74, 6) is 0.922. The minimum atomic E-state index is 0.442. The Labute approximate surface area is 78.1 Å². The maximum atomic E-state index is 2.47. The highest BCUT2D eigenvalue weighted by molar-refractivity contribution is 4.85. The van der Waals surface area contributed by atoms with Gasteiger partial charge in [-0.1, -0.05) is 20.8 Å². The molecule has 0 aliphatic carbocycles. The molecule has 1 heteroatoms. The topological polar surface area (TPSA) is 3.24 Å². The monoisotopic (exact) mass is 171 g/mol. The largest absolute Gasteiger partial charge is 0.301 e. The second kappa shape index (κ2) is 4.86. The van der Waals surface area contributed by atoms with Crippen molar-refractivity contribution in [3.05, 3.63) is 0 Å². The third-order valence-electron chi connectivity index (χ3n) is 2.84. The summed E-state index contributed by atoms with van der Waals surface area (Å²) in [6.45, 7) is 12.3. The van der Waals surface area contributed by atoms with Gasteiger partial charge in [-0.2, -0.15) is 0 Å². The molecule has 1 saturated heterocycles. The minimum Gasteiger partial charge on any atom is -0.301 e. The number of hydrogen-bond acceptors (Lipinski definition) is 1. The molecule has 0 aromatic rings. The van der Waals surface area contributed by atoms with E-state index in [1.54, 1.807) is 0 Å². The predicted molar refractivity (Wildman–Crippen MR) is 56.5 cm³/mol. The summed E-state index contributed by atoms with van der Waals surface area (Å²) in [5.41, 5.74) is 0.442. The fourth-order valence-electron chi connectivity index (χ4n) is 1.83. The molecule has 0 radical (unpaired) electrons. The van der Waals surface area contributed by atoms with Gasteiger partial charge in [0.2, 0.25) is 0 Å². The summed E-state index contributed by atoms with van der Waals surface area (Å²) in [7, 11) is 2.23. The number of nitrogens with zero attached hydrogens (tertiary/aromatic N) is 1. The first kappa shape index (κ1) is 12.0. The fourth-order valence-corrected chi connectivity index (χ4v) is 1.83. The van der Waals surface area contributed by atoms with E-state index in [9.17, 15) is 0 Å². The molecule has 1 aliphatic heterocycles. The Morgan fingerprint density at radius 3 is 2.08 bits per heavy atom. The second-order valence-electron chi connectivity index (χ2n) is 4.33. The van der Waals surface area contributed by atoms with Crippen molar-refractivity contribution in [2.45, 2.75) is 53.0 Å². The van der Waals surface area contributed by atoms with Crippen LogP contribution in [-0.2, 0) is 0 Å². The van der Waals surface area contributed by atoms with Crippen molar-refractivity contribution in [2.24, 2.45) is 5.92 Å². The Bertz CT molecular complexity index is 118. The van der Waals surface area contributed by atoms with E-state index in [0.717, 1.165) is 5.92 Å². The van der Waals surface area contributed by atoms with Gasteiger partial charge in [0, 0.05) is 5.54 Å². The van der Waals surface area contributed by atoms with Gasteiger partial charge in [0.05, 0.1) is 0 Å². The number of hydrogen-bond donors (Lipinski definition) is 0. The van der Waals surface area contributed by atoms with E-state index in [0.29, 0.717) is 5.54 Å². The van der Waals surface area contributed by atoms with E-state index in [1.165, 1.54) is 19.4 Å². The normalized spacial score (nSPS) is 29.0. The zero-order chi connectivity index (χ0) is 9.78. The number of likely N-dealkylation sites (tertiary alicyclic amines) is 1. The molecule has 1 atom stereocenters. The minimum absolute atomic E-state index is 0.442. The van der Waals surface area contributed by atoms with E-state index in [1.807, 2.05) is 13.8 Å². The lowest BCUT2D eigenvalue weighted by Gasteiger charge is -2.42. The Hall–Kier alpha value is -0.0400. The molecule has 12 heavy (non-hydrogen) atoms. The van der Waals surface area contributed by atoms with Crippen LogP contribution in [0.5, 0.6) is 0 Å². The van der Waals surface area contributed by atoms with Crippen LogP contribution in [0.3, 0.4) is 0 Å². The molecule has 1 heterocycles. The van der Waals surface area contributed by atoms with Crippen molar-refractivity contribution in [3.63, 3.8) is 0 Å². The van der Waals surface area contributed by atoms with Crippen molar-refractivity contribution in [1.29, 1.82) is 0 Å². The third-order valence-corrected chi connectivity index (χ3v) is 2.84. The van der Waals surface area contributed by atoms with Gasteiger partial charge in [-0.05, 0) is 46.2 Å². The van der Waals surface area contributed by atoms with Crippen LogP contribution >= 0.6 is 0 Å². The molecular formula is C11H25N. The Morgan fingerprint density at radius 1 is 1.25 bits per heavy atom. The van der Waals surface area contributed by atoms with Gasteiger partial charge >= 0.3 is 0 Å². The Kier molecular flexibility index (Phi) is 4.84. The van der Waals surface area contributed by atoms with Gasteiger partial charge in [-0.25, -0.2) is 0 Å². The molecule has 1 fully saturated rings.